The first kappa shape index (κ1) is 27.3. The molecule has 4 amide bonds. The van der Waals surface area contributed by atoms with E-state index in [1.54, 1.807) is 29.2 Å². The molecule has 4 rings (SSSR count). The van der Waals surface area contributed by atoms with E-state index in [2.05, 4.69) is 5.32 Å². The predicted octanol–water partition coefficient (Wildman–Crippen LogP) is 4.38. The van der Waals surface area contributed by atoms with Gasteiger partial charge in [-0.15, -0.1) is 0 Å². The summed E-state index contributed by atoms with van der Waals surface area (Å²) < 4.78 is 11.1. The molecule has 2 saturated heterocycles. The van der Waals surface area contributed by atoms with Crippen LogP contribution in [0.4, 0.5) is 10.5 Å². The summed E-state index contributed by atoms with van der Waals surface area (Å²) in [4.78, 5) is 53.2. The number of methoxy groups -OCH3 is 1. The van der Waals surface area contributed by atoms with E-state index >= 15 is 0 Å². The van der Waals surface area contributed by atoms with Gasteiger partial charge in [0.15, 0.2) is 18.1 Å². The van der Waals surface area contributed by atoms with Crippen LogP contribution < -0.4 is 14.8 Å². The Hall–Kier alpha value is -3.79. The van der Waals surface area contributed by atoms with Crippen LogP contribution in [-0.4, -0.2) is 66.1 Å². The Morgan fingerprint density at radius 2 is 1.76 bits per heavy atom. The smallest absolute Gasteiger partial charge is 0.294 e. The molecule has 38 heavy (non-hydrogen) atoms. The van der Waals surface area contributed by atoms with Crippen molar-refractivity contribution in [1.82, 2.24) is 9.80 Å². The third-order valence-electron chi connectivity index (χ3n) is 6.51. The van der Waals surface area contributed by atoms with Crippen molar-refractivity contribution in [2.45, 2.75) is 33.1 Å². The number of hydrogen-bond donors (Lipinski definition) is 1. The lowest BCUT2D eigenvalue weighted by molar-refractivity contribution is -0.136. The second-order valence-electron chi connectivity index (χ2n) is 9.26. The lowest BCUT2D eigenvalue weighted by atomic mass is 10.1. The third-order valence-corrected chi connectivity index (χ3v) is 7.42. The maximum atomic E-state index is 12.9. The minimum Gasteiger partial charge on any atom is -0.493 e. The van der Waals surface area contributed by atoms with Crippen molar-refractivity contribution in [3.05, 3.63) is 58.0 Å². The molecule has 2 aromatic rings. The van der Waals surface area contributed by atoms with Crippen LogP contribution >= 0.6 is 11.8 Å². The Labute approximate surface area is 226 Å². The fourth-order valence-corrected chi connectivity index (χ4v) is 5.06. The molecule has 9 nitrogen and oxygen atoms in total. The molecular formula is C28H31N3O6S. The van der Waals surface area contributed by atoms with Crippen LogP contribution in [0.15, 0.2) is 41.3 Å². The molecule has 0 unspecified atom stereocenters. The number of hydrogen-bond acceptors (Lipinski definition) is 7. The number of nitrogens with zero attached hydrogens (tertiary/aromatic N) is 2. The minimum atomic E-state index is -0.493. The van der Waals surface area contributed by atoms with Crippen molar-refractivity contribution in [3.63, 3.8) is 0 Å². The van der Waals surface area contributed by atoms with E-state index in [1.807, 2.05) is 32.0 Å². The first-order valence-electron chi connectivity index (χ1n) is 12.5. The van der Waals surface area contributed by atoms with Crippen molar-refractivity contribution in [2.75, 3.05) is 38.7 Å². The second kappa shape index (κ2) is 12.2. The van der Waals surface area contributed by atoms with Gasteiger partial charge >= 0.3 is 0 Å². The lowest BCUT2D eigenvalue weighted by Gasteiger charge is -2.27. The Balaban J connectivity index is 1.38. The highest BCUT2D eigenvalue weighted by Gasteiger charge is 2.37. The van der Waals surface area contributed by atoms with Gasteiger partial charge in [-0.3, -0.25) is 24.1 Å². The van der Waals surface area contributed by atoms with Gasteiger partial charge in [0.2, 0.25) is 5.91 Å². The first-order valence-corrected chi connectivity index (χ1v) is 13.3. The van der Waals surface area contributed by atoms with Crippen LogP contribution in [0, 0.1) is 13.8 Å². The molecule has 0 radical (unpaired) electrons. The number of amides is 4. The van der Waals surface area contributed by atoms with Crippen LogP contribution in [0.2, 0.25) is 0 Å². The zero-order valence-electron chi connectivity index (χ0n) is 21.7. The van der Waals surface area contributed by atoms with E-state index in [4.69, 9.17) is 9.47 Å². The fraction of sp³-hybridized carbons (Fsp3) is 0.357. The van der Waals surface area contributed by atoms with Gasteiger partial charge in [-0.05, 0) is 91.9 Å². The Morgan fingerprint density at radius 1 is 1.00 bits per heavy atom. The van der Waals surface area contributed by atoms with Gasteiger partial charge in [-0.1, -0.05) is 12.1 Å². The topological polar surface area (TPSA) is 105 Å². The number of aryl methyl sites for hydroxylation is 2. The molecule has 0 saturated carbocycles. The highest BCUT2D eigenvalue weighted by molar-refractivity contribution is 8.18. The van der Waals surface area contributed by atoms with Gasteiger partial charge in [-0.2, -0.15) is 0 Å². The van der Waals surface area contributed by atoms with Gasteiger partial charge in [-0.25, -0.2) is 0 Å². The molecule has 0 bridgehead atoms. The SMILES string of the molecule is COc1cc(/C=C2\SC(=O)N(CC(=O)N3CCCCC3)C2=O)ccc1OCC(=O)Nc1ccc(C)c(C)c1. The van der Waals surface area contributed by atoms with E-state index in [0.29, 0.717) is 35.8 Å². The lowest BCUT2D eigenvalue weighted by Crippen LogP contribution is -2.44. The minimum absolute atomic E-state index is 0.210. The van der Waals surface area contributed by atoms with Crippen LogP contribution in [0.5, 0.6) is 11.5 Å². The fourth-order valence-electron chi connectivity index (χ4n) is 4.22. The molecule has 0 spiro atoms. The molecule has 200 valence electrons. The number of benzene rings is 2. The average Bonchev–Trinajstić information content (AvgIpc) is 3.17. The van der Waals surface area contributed by atoms with Gasteiger partial charge < -0.3 is 19.7 Å². The number of likely N-dealkylation sites (tertiary alicyclic amines) is 1. The summed E-state index contributed by atoms with van der Waals surface area (Å²) in [5, 5.41) is 2.34. The average molecular weight is 538 g/mol. The van der Waals surface area contributed by atoms with Crippen LogP contribution in [0.25, 0.3) is 6.08 Å². The maximum absolute atomic E-state index is 12.9. The van der Waals surface area contributed by atoms with Crippen LogP contribution in [0.1, 0.15) is 36.0 Å². The molecule has 2 heterocycles. The van der Waals surface area contributed by atoms with Gasteiger partial charge in [0, 0.05) is 18.8 Å². The summed E-state index contributed by atoms with van der Waals surface area (Å²) in [6, 6.07) is 10.7. The number of anilines is 1. The van der Waals surface area contributed by atoms with E-state index < -0.39 is 11.1 Å². The first-order chi connectivity index (χ1) is 18.2. The summed E-state index contributed by atoms with van der Waals surface area (Å²) in [5.41, 5.74) is 3.52. The van der Waals surface area contributed by atoms with E-state index in [0.717, 1.165) is 47.1 Å². The Bertz CT molecular complexity index is 1290. The van der Waals surface area contributed by atoms with E-state index in [1.165, 1.54) is 7.11 Å². The zero-order valence-corrected chi connectivity index (χ0v) is 22.6. The number of imide groups is 1. The second-order valence-corrected chi connectivity index (χ2v) is 10.2. The quantitative estimate of drug-likeness (QED) is 0.498. The van der Waals surface area contributed by atoms with Crippen molar-refractivity contribution >= 4 is 46.5 Å². The standard InChI is InChI=1S/C28H31N3O6S/c1-18-7-9-21(13-19(18)2)29-25(32)17-37-22-10-8-20(14-23(22)36-3)15-24-27(34)31(28(35)38-24)16-26(33)30-11-5-4-6-12-30/h7-10,13-15H,4-6,11-12,16-17H2,1-3H3,(H,29,32)/b24-15-. The number of piperidine rings is 1. The summed E-state index contributed by atoms with van der Waals surface area (Å²) in [6.07, 6.45) is 4.54. The Morgan fingerprint density at radius 3 is 2.47 bits per heavy atom. The van der Waals surface area contributed by atoms with Crippen LogP contribution in [-0.2, 0) is 14.4 Å². The van der Waals surface area contributed by atoms with Gasteiger partial charge in [0.25, 0.3) is 17.1 Å². The molecule has 0 aliphatic carbocycles. The highest BCUT2D eigenvalue weighted by atomic mass is 32.2. The van der Waals surface area contributed by atoms with Crippen molar-refractivity contribution in [3.8, 4) is 11.5 Å². The molecule has 2 aromatic carbocycles. The normalized spacial score (nSPS) is 16.7. The molecule has 2 aliphatic rings. The molecular weight excluding hydrogens is 506 g/mol. The largest absolute Gasteiger partial charge is 0.493 e. The molecule has 1 N–H and O–H groups in total. The monoisotopic (exact) mass is 537 g/mol. The van der Waals surface area contributed by atoms with E-state index in [9.17, 15) is 19.2 Å². The molecule has 2 aliphatic heterocycles. The summed E-state index contributed by atoms with van der Waals surface area (Å²) in [7, 11) is 1.47. The highest BCUT2D eigenvalue weighted by Crippen LogP contribution is 2.34. The van der Waals surface area contributed by atoms with Crippen LogP contribution in [0.3, 0.4) is 0 Å². The predicted molar refractivity (Wildman–Crippen MR) is 146 cm³/mol. The summed E-state index contributed by atoms with van der Waals surface area (Å²) in [6.45, 7) is 4.83. The van der Waals surface area contributed by atoms with Crippen molar-refractivity contribution < 1.29 is 28.7 Å². The molecule has 0 atom stereocenters. The number of nitrogens with one attached hydrogen (secondary N) is 1. The summed E-state index contributed by atoms with van der Waals surface area (Å²) >= 11 is 0.803. The number of rotatable bonds is 8. The Kier molecular flexibility index (Phi) is 8.73. The zero-order chi connectivity index (χ0) is 27.2. The number of ether oxygens (including phenoxy) is 2. The van der Waals surface area contributed by atoms with E-state index in [-0.39, 0.29) is 29.9 Å². The molecule has 10 heteroatoms. The maximum Gasteiger partial charge on any atom is 0.294 e. The summed E-state index contributed by atoms with van der Waals surface area (Å²) in [5.74, 6) is -0.282. The van der Waals surface area contributed by atoms with Crippen molar-refractivity contribution in [1.29, 1.82) is 0 Å². The van der Waals surface area contributed by atoms with Gasteiger partial charge in [0.05, 0.1) is 12.0 Å². The number of thioether (sulfide) groups is 1. The van der Waals surface area contributed by atoms with Crippen molar-refractivity contribution in [2.24, 2.45) is 0 Å². The molecule has 0 aromatic heterocycles. The molecule has 2 fully saturated rings. The van der Waals surface area contributed by atoms with Gasteiger partial charge in [0.1, 0.15) is 6.54 Å². The number of carbonyl (C=O) groups is 4. The number of carbonyl (C=O) groups excluding carboxylic acids is 4. The third kappa shape index (κ3) is 6.55.